The van der Waals surface area contributed by atoms with Crippen LogP contribution in [0, 0.1) is 5.92 Å². The second kappa shape index (κ2) is 7.49. The van der Waals surface area contributed by atoms with Gasteiger partial charge in [0.15, 0.2) is 0 Å². The molecular weight excluding hydrogens is 214 g/mol. The third-order valence-corrected chi connectivity index (χ3v) is 3.56. The number of rotatable bonds is 6. The summed E-state index contributed by atoms with van der Waals surface area (Å²) in [5.74, 6) is 0.467. The summed E-state index contributed by atoms with van der Waals surface area (Å²) >= 11 is 0. The van der Waals surface area contributed by atoms with E-state index in [1.54, 1.807) is 0 Å². The van der Waals surface area contributed by atoms with Gasteiger partial charge in [0.25, 0.3) is 0 Å². The smallest absolute Gasteiger partial charge is 0.334 e. The third kappa shape index (κ3) is 4.90. The van der Waals surface area contributed by atoms with Crippen LogP contribution in [-0.2, 0) is 9.53 Å². The Kier molecular flexibility index (Phi) is 6.27. The molecule has 0 aromatic rings. The van der Waals surface area contributed by atoms with Crippen molar-refractivity contribution in [1.82, 2.24) is 5.32 Å². The number of ether oxygens (including phenoxy) is 1. The lowest BCUT2D eigenvalue weighted by Crippen LogP contribution is -2.36. The van der Waals surface area contributed by atoms with Crippen molar-refractivity contribution in [1.29, 1.82) is 0 Å². The molecule has 3 nitrogen and oxygen atoms in total. The summed E-state index contributed by atoms with van der Waals surface area (Å²) < 4.78 is 4.90. The minimum Gasteiger partial charge on any atom is -0.463 e. The monoisotopic (exact) mass is 239 g/mol. The Morgan fingerprint density at radius 1 is 1.41 bits per heavy atom. The second-order valence-corrected chi connectivity index (χ2v) is 4.89. The van der Waals surface area contributed by atoms with E-state index in [9.17, 15) is 4.79 Å². The fourth-order valence-corrected chi connectivity index (χ4v) is 2.39. The van der Waals surface area contributed by atoms with Crippen molar-refractivity contribution in [2.24, 2.45) is 5.92 Å². The predicted molar refractivity (Wildman–Crippen MR) is 69.8 cm³/mol. The van der Waals surface area contributed by atoms with Gasteiger partial charge in [0.05, 0.1) is 6.61 Å². The first-order valence-corrected chi connectivity index (χ1v) is 6.73. The topological polar surface area (TPSA) is 38.3 Å². The molecule has 0 aromatic heterocycles. The highest BCUT2D eigenvalue weighted by atomic mass is 16.5. The molecule has 1 saturated carbocycles. The molecule has 17 heavy (non-hydrogen) atoms. The fourth-order valence-electron chi connectivity index (χ4n) is 2.39. The molecule has 1 aliphatic rings. The lowest BCUT2D eigenvalue weighted by atomic mass is 9.84. The largest absolute Gasteiger partial charge is 0.463 e. The first-order valence-electron chi connectivity index (χ1n) is 6.73. The molecule has 0 amide bonds. The van der Waals surface area contributed by atoms with Gasteiger partial charge in [0.1, 0.15) is 0 Å². The number of esters is 1. The van der Waals surface area contributed by atoms with Gasteiger partial charge in [0, 0.05) is 18.2 Å². The van der Waals surface area contributed by atoms with Gasteiger partial charge >= 0.3 is 5.97 Å². The van der Waals surface area contributed by atoms with Crippen molar-refractivity contribution < 1.29 is 9.53 Å². The second-order valence-electron chi connectivity index (χ2n) is 4.89. The maximum atomic E-state index is 11.4. The van der Waals surface area contributed by atoms with Gasteiger partial charge in [-0.05, 0) is 32.6 Å². The van der Waals surface area contributed by atoms with Gasteiger partial charge in [-0.25, -0.2) is 4.79 Å². The average Bonchev–Trinajstić information content (AvgIpc) is 2.36. The normalized spacial score (nSPS) is 18.7. The van der Waals surface area contributed by atoms with Crippen LogP contribution < -0.4 is 5.32 Å². The molecule has 0 aromatic carbocycles. The molecule has 1 N–H and O–H groups in total. The quantitative estimate of drug-likeness (QED) is 0.572. The maximum absolute atomic E-state index is 11.4. The maximum Gasteiger partial charge on any atom is 0.334 e. The van der Waals surface area contributed by atoms with Crippen LogP contribution in [0.3, 0.4) is 0 Å². The highest BCUT2D eigenvalue weighted by Crippen LogP contribution is 2.26. The van der Waals surface area contributed by atoms with Crippen LogP contribution in [0.15, 0.2) is 12.2 Å². The average molecular weight is 239 g/mol. The van der Waals surface area contributed by atoms with Gasteiger partial charge in [-0.3, -0.25) is 0 Å². The van der Waals surface area contributed by atoms with Crippen molar-refractivity contribution >= 4 is 5.97 Å². The number of nitrogens with one attached hydrogen (secondary N) is 1. The number of carbonyl (C=O) groups is 1. The van der Waals surface area contributed by atoms with Gasteiger partial charge in [-0.1, -0.05) is 25.8 Å². The van der Waals surface area contributed by atoms with E-state index >= 15 is 0 Å². The standard InChI is InChI=1S/C14H25NO2/c1-4-17-14(16)11(2)10-15-12(3)13-8-6-5-7-9-13/h12-13,15H,2,4-10H2,1,3H3. The van der Waals surface area contributed by atoms with Gasteiger partial charge in [-0.2, -0.15) is 0 Å². The van der Waals surface area contributed by atoms with Crippen molar-refractivity contribution in [3.05, 3.63) is 12.2 Å². The third-order valence-electron chi connectivity index (χ3n) is 3.56. The summed E-state index contributed by atoms with van der Waals surface area (Å²) in [6.07, 6.45) is 6.67. The molecule has 0 heterocycles. The molecule has 0 saturated heterocycles. The Labute approximate surface area is 105 Å². The SMILES string of the molecule is C=C(CNC(C)C1CCCCC1)C(=O)OCC. The molecule has 0 radical (unpaired) electrons. The zero-order valence-corrected chi connectivity index (χ0v) is 11.1. The van der Waals surface area contributed by atoms with Crippen molar-refractivity contribution in [2.75, 3.05) is 13.2 Å². The van der Waals surface area contributed by atoms with E-state index < -0.39 is 0 Å². The molecule has 98 valence electrons. The molecule has 1 atom stereocenters. The van der Waals surface area contributed by atoms with E-state index in [2.05, 4.69) is 18.8 Å². The number of hydrogen-bond donors (Lipinski definition) is 1. The molecule has 1 aliphatic carbocycles. The summed E-state index contributed by atoms with van der Waals surface area (Å²) in [4.78, 5) is 11.4. The van der Waals surface area contributed by atoms with E-state index in [0.717, 1.165) is 5.92 Å². The Morgan fingerprint density at radius 3 is 2.65 bits per heavy atom. The summed E-state index contributed by atoms with van der Waals surface area (Å²) in [6.45, 7) is 8.72. The van der Waals surface area contributed by atoms with Crippen LogP contribution in [0.1, 0.15) is 46.0 Å². The van der Waals surface area contributed by atoms with E-state index in [-0.39, 0.29) is 5.97 Å². The van der Waals surface area contributed by atoms with Crippen LogP contribution in [0.2, 0.25) is 0 Å². The molecule has 0 aliphatic heterocycles. The minimum absolute atomic E-state index is 0.282. The lowest BCUT2D eigenvalue weighted by molar-refractivity contribution is -0.138. The Morgan fingerprint density at radius 2 is 2.06 bits per heavy atom. The van der Waals surface area contributed by atoms with Gasteiger partial charge in [0.2, 0.25) is 0 Å². The van der Waals surface area contributed by atoms with Gasteiger partial charge < -0.3 is 10.1 Å². The minimum atomic E-state index is -0.282. The first kappa shape index (κ1) is 14.2. The summed E-state index contributed by atoms with van der Waals surface area (Å²) in [7, 11) is 0. The summed E-state index contributed by atoms with van der Waals surface area (Å²) in [5, 5.41) is 3.39. The first-order chi connectivity index (χ1) is 8.15. The molecule has 0 bridgehead atoms. The van der Waals surface area contributed by atoms with E-state index in [1.165, 1.54) is 32.1 Å². The number of carbonyl (C=O) groups excluding carboxylic acids is 1. The predicted octanol–water partition coefficient (Wildman–Crippen LogP) is 2.66. The van der Waals surface area contributed by atoms with E-state index in [1.807, 2.05) is 6.92 Å². The van der Waals surface area contributed by atoms with Crippen LogP contribution in [-0.4, -0.2) is 25.2 Å². The summed E-state index contributed by atoms with van der Waals surface area (Å²) in [6, 6.07) is 0.460. The van der Waals surface area contributed by atoms with E-state index in [4.69, 9.17) is 4.74 Å². The summed E-state index contributed by atoms with van der Waals surface area (Å²) in [5.41, 5.74) is 0.523. The van der Waals surface area contributed by atoms with Crippen LogP contribution >= 0.6 is 0 Å². The molecule has 3 heteroatoms. The number of hydrogen-bond acceptors (Lipinski definition) is 3. The Bertz CT molecular complexity index is 257. The van der Waals surface area contributed by atoms with Crippen LogP contribution in [0.5, 0.6) is 0 Å². The van der Waals surface area contributed by atoms with Gasteiger partial charge in [-0.15, -0.1) is 0 Å². The van der Waals surface area contributed by atoms with Crippen molar-refractivity contribution in [2.45, 2.75) is 52.0 Å². The molecule has 1 rings (SSSR count). The Hall–Kier alpha value is -0.830. The van der Waals surface area contributed by atoms with Crippen LogP contribution in [0.25, 0.3) is 0 Å². The molecule has 0 spiro atoms. The molecular formula is C14H25NO2. The molecule has 1 unspecified atom stereocenters. The zero-order chi connectivity index (χ0) is 12.7. The van der Waals surface area contributed by atoms with Crippen molar-refractivity contribution in [3.63, 3.8) is 0 Å². The zero-order valence-electron chi connectivity index (χ0n) is 11.1. The lowest BCUT2D eigenvalue weighted by Gasteiger charge is -2.28. The highest BCUT2D eigenvalue weighted by molar-refractivity contribution is 5.88. The highest BCUT2D eigenvalue weighted by Gasteiger charge is 2.20. The molecule has 1 fully saturated rings. The Balaban J connectivity index is 2.24. The fraction of sp³-hybridized carbons (Fsp3) is 0.786. The van der Waals surface area contributed by atoms with Crippen LogP contribution in [0.4, 0.5) is 0 Å². The van der Waals surface area contributed by atoms with E-state index in [0.29, 0.717) is 24.8 Å². The van der Waals surface area contributed by atoms with Crippen molar-refractivity contribution in [3.8, 4) is 0 Å².